The predicted octanol–water partition coefficient (Wildman–Crippen LogP) is 9.91. The maximum Gasteiger partial charge on any atom is -0.00247 e. The van der Waals surface area contributed by atoms with E-state index in [4.69, 9.17) is 0 Å². The molecule has 5 atom stereocenters. The number of aryl methyl sites for hydroxylation is 3. The van der Waals surface area contributed by atoms with Crippen LogP contribution in [0.3, 0.4) is 0 Å². The Bertz CT molecular complexity index is 1520. The second-order valence-electron chi connectivity index (χ2n) is 13.9. The molecule has 0 radical (unpaired) electrons. The second kappa shape index (κ2) is 8.17. The molecule has 0 bridgehead atoms. The summed E-state index contributed by atoms with van der Waals surface area (Å²) in [5.74, 6) is 1.50. The SMILES string of the molecule is Cc1ccc2c3c(ccc2c1-c1c(P)ccc2c4c(ccc12)C1CCC[C@@]1(C)CC4)C1CCC[C@]1(C)CC3. The molecule has 3 unspecified atom stereocenters. The van der Waals surface area contributed by atoms with Gasteiger partial charge in [-0.1, -0.05) is 75.2 Å². The van der Waals surface area contributed by atoms with E-state index in [0.717, 1.165) is 11.8 Å². The van der Waals surface area contributed by atoms with E-state index in [1.54, 1.807) is 22.3 Å². The summed E-state index contributed by atoms with van der Waals surface area (Å²) in [6.07, 6.45) is 13.5. The summed E-state index contributed by atoms with van der Waals surface area (Å²) in [6.45, 7) is 7.45. The lowest BCUT2D eigenvalue weighted by Crippen LogP contribution is -2.26. The van der Waals surface area contributed by atoms with Crippen LogP contribution in [-0.4, -0.2) is 0 Å². The van der Waals surface area contributed by atoms with Gasteiger partial charge < -0.3 is 0 Å². The minimum absolute atomic E-state index is 0.519. The first kappa shape index (κ1) is 23.7. The third-order valence-corrected chi connectivity index (χ3v) is 12.5. The van der Waals surface area contributed by atoms with Crippen LogP contribution in [0.1, 0.15) is 105 Å². The maximum atomic E-state index is 3.09. The molecule has 4 aliphatic carbocycles. The number of benzene rings is 4. The Kier molecular flexibility index (Phi) is 5.10. The number of rotatable bonds is 1. The van der Waals surface area contributed by atoms with Crippen molar-refractivity contribution in [3.05, 3.63) is 76.3 Å². The van der Waals surface area contributed by atoms with Crippen molar-refractivity contribution in [1.82, 2.24) is 0 Å². The van der Waals surface area contributed by atoms with Crippen LogP contribution in [0.5, 0.6) is 0 Å². The highest BCUT2D eigenvalue weighted by Crippen LogP contribution is 2.58. The first-order chi connectivity index (χ1) is 18.4. The maximum absolute atomic E-state index is 3.09. The molecule has 194 valence electrons. The van der Waals surface area contributed by atoms with Crippen molar-refractivity contribution < 1.29 is 0 Å². The third-order valence-electron chi connectivity index (χ3n) is 12.0. The number of hydrogen-bond donors (Lipinski definition) is 0. The van der Waals surface area contributed by atoms with Gasteiger partial charge in [-0.3, -0.25) is 0 Å². The summed E-state index contributed by atoms with van der Waals surface area (Å²) in [4.78, 5) is 0. The van der Waals surface area contributed by atoms with Crippen LogP contribution < -0.4 is 5.30 Å². The highest BCUT2D eigenvalue weighted by Gasteiger charge is 2.44. The Morgan fingerprint density at radius 3 is 1.68 bits per heavy atom. The fraction of sp³-hybridized carbons (Fsp3) is 0.459. The molecule has 1 heteroatoms. The quantitative estimate of drug-likeness (QED) is 0.221. The molecule has 4 aliphatic rings. The van der Waals surface area contributed by atoms with E-state index >= 15 is 0 Å². The average Bonchev–Trinajstić information content (AvgIpc) is 3.51. The summed E-state index contributed by atoms with van der Waals surface area (Å²) in [5, 5.41) is 7.26. The summed E-state index contributed by atoms with van der Waals surface area (Å²) in [5.41, 5.74) is 12.0. The van der Waals surface area contributed by atoms with Gasteiger partial charge in [-0.2, -0.15) is 0 Å². The second-order valence-corrected chi connectivity index (χ2v) is 14.6. The van der Waals surface area contributed by atoms with Crippen LogP contribution in [0.4, 0.5) is 0 Å². The first-order valence-electron chi connectivity index (χ1n) is 15.3. The smallest absolute Gasteiger partial charge is 0.00247 e. The lowest BCUT2D eigenvalue weighted by atomic mass is 9.66. The summed E-state index contributed by atoms with van der Waals surface area (Å²) >= 11 is 0. The molecule has 0 amide bonds. The van der Waals surface area contributed by atoms with E-state index in [9.17, 15) is 0 Å². The molecular formula is C37H41P. The van der Waals surface area contributed by atoms with Gasteiger partial charge in [0.15, 0.2) is 0 Å². The molecule has 2 fully saturated rings. The van der Waals surface area contributed by atoms with E-state index < -0.39 is 0 Å². The molecule has 0 N–H and O–H groups in total. The van der Waals surface area contributed by atoms with Crippen molar-refractivity contribution in [1.29, 1.82) is 0 Å². The van der Waals surface area contributed by atoms with Gasteiger partial charge in [0.1, 0.15) is 0 Å². The van der Waals surface area contributed by atoms with E-state index in [-0.39, 0.29) is 0 Å². The van der Waals surface area contributed by atoms with Crippen LogP contribution in [0, 0.1) is 17.8 Å². The molecule has 0 aliphatic heterocycles. The molecule has 0 spiro atoms. The molecular weight excluding hydrogens is 475 g/mol. The Hall–Kier alpha value is -2.17. The number of fused-ring (bicyclic) bond motifs is 10. The molecule has 8 rings (SSSR count). The van der Waals surface area contributed by atoms with E-state index in [0.29, 0.717) is 10.8 Å². The zero-order chi connectivity index (χ0) is 25.8. The average molecular weight is 517 g/mol. The van der Waals surface area contributed by atoms with Gasteiger partial charge in [0, 0.05) is 0 Å². The van der Waals surface area contributed by atoms with E-state index in [2.05, 4.69) is 78.5 Å². The van der Waals surface area contributed by atoms with Gasteiger partial charge in [0.05, 0.1) is 0 Å². The van der Waals surface area contributed by atoms with Crippen LogP contribution in [0.15, 0.2) is 48.5 Å². The monoisotopic (exact) mass is 516 g/mol. The van der Waals surface area contributed by atoms with Gasteiger partial charge in [0.25, 0.3) is 0 Å². The molecule has 0 aromatic heterocycles. The Morgan fingerprint density at radius 2 is 1.11 bits per heavy atom. The summed E-state index contributed by atoms with van der Waals surface area (Å²) < 4.78 is 0. The molecule has 0 heterocycles. The lowest BCUT2D eigenvalue weighted by Gasteiger charge is -2.39. The summed E-state index contributed by atoms with van der Waals surface area (Å²) in [7, 11) is 3.09. The van der Waals surface area contributed by atoms with Gasteiger partial charge in [-0.15, -0.1) is 9.24 Å². The van der Waals surface area contributed by atoms with Crippen molar-refractivity contribution in [3.63, 3.8) is 0 Å². The lowest BCUT2D eigenvalue weighted by molar-refractivity contribution is 0.253. The minimum Gasteiger partial charge on any atom is -0.105 e. The molecule has 4 aromatic carbocycles. The first-order valence-corrected chi connectivity index (χ1v) is 15.9. The highest BCUT2D eigenvalue weighted by molar-refractivity contribution is 7.28. The topological polar surface area (TPSA) is 0 Å². The van der Waals surface area contributed by atoms with Gasteiger partial charge in [-0.25, -0.2) is 0 Å². The normalized spacial score (nSPS) is 29.8. The molecule has 4 aromatic rings. The van der Waals surface area contributed by atoms with Gasteiger partial charge >= 0.3 is 0 Å². The minimum atomic E-state index is 0.519. The molecule has 0 nitrogen and oxygen atoms in total. The fourth-order valence-corrected chi connectivity index (χ4v) is 10.3. The Labute approximate surface area is 230 Å². The van der Waals surface area contributed by atoms with Crippen LogP contribution >= 0.6 is 9.24 Å². The van der Waals surface area contributed by atoms with Crippen molar-refractivity contribution in [2.75, 3.05) is 0 Å². The zero-order valence-corrected chi connectivity index (χ0v) is 24.6. The van der Waals surface area contributed by atoms with Crippen LogP contribution in [-0.2, 0) is 12.8 Å². The van der Waals surface area contributed by atoms with Crippen molar-refractivity contribution >= 4 is 36.1 Å². The standard InChI is InChI=1S/C37H41P/c1-22-8-9-23-25-16-20-36(2)18-4-6-31(36)27(25)10-12-29(23)34(22)35-30-13-11-28-26(24(30)14-15-33(35)38)17-21-37(3)19-5-7-32(28)37/h8-15,31-32H,4-7,16-21,38H2,1-3H3/t31?,32?,36-,37+/m1/s1. The fourth-order valence-electron chi connectivity index (χ4n) is 9.86. The van der Waals surface area contributed by atoms with E-state index in [1.165, 1.54) is 108 Å². The van der Waals surface area contributed by atoms with Crippen LogP contribution in [0.25, 0.3) is 32.7 Å². The third kappa shape index (κ3) is 3.14. The largest absolute Gasteiger partial charge is 0.105 e. The Morgan fingerprint density at radius 1 is 0.605 bits per heavy atom. The predicted molar refractivity (Wildman–Crippen MR) is 167 cm³/mol. The Balaban J connectivity index is 1.36. The van der Waals surface area contributed by atoms with Gasteiger partial charge in [-0.05, 0) is 147 Å². The van der Waals surface area contributed by atoms with Crippen molar-refractivity contribution in [3.8, 4) is 11.1 Å². The van der Waals surface area contributed by atoms with Crippen molar-refractivity contribution in [2.24, 2.45) is 10.8 Å². The van der Waals surface area contributed by atoms with Crippen LogP contribution in [0.2, 0.25) is 0 Å². The molecule has 38 heavy (non-hydrogen) atoms. The molecule has 0 saturated heterocycles. The zero-order valence-electron chi connectivity index (χ0n) is 23.4. The highest BCUT2D eigenvalue weighted by atomic mass is 31.0. The van der Waals surface area contributed by atoms with E-state index in [1.807, 2.05) is 0 Å². The van der Waals surface area contributed by atoms with Crippen molar-refractivity contribution in [2.45, 2.75) is 96.8 Å². The van der Waals surface area contributed by atoms with Gasteiger partial charge in [0.2, 0.25) is 0 Å². The number of hydrogen-bond acceptors (Lipinski definition) is 0. The summed E-state index contributed by atoms with van der Waals surface area (Å²) in [6, 6.07) is 19.7. The molecule has 2 saturated carbocycles.